The molecule has 10 nitrogen and oxygen atoms in total. The number of hydrogen-bond acceptors (Lipinski definition) is 8. The van der Waals surface area contributed by atoms with E-state index < -0.39 is 46.0 Å². The van der Waals surface area contributed by atoms with Crippen LogP contribution in [0.5, 0.6) is 0 Å². The average molecular weight is 417 g/mol. The molecular formula is C17H27N3O7S. The summed E-state index contributed by atoms with van der Waals surface area (Å²) in [6.07, 6.45) is 0.769. The van der Waals surface area contributed by atoms with Crippen LogP contribution in [0.4, 0.5) is 0 Å². The van der Waals surface area contributed by atoms with E-state index in [9.17, 15) is 19.2 Å². The van der Waals surface area contributed by atoms with Gasteiger partial charge in [-0.1, -0.05) is 27.7 Å². The Kier molecular flexibility index (Phi) is 7.07. The number of carbonyl (C=O) groups excluding carboxylic acids is 2. The second-order valence-corrected chi connectivity index (χ2v) is 9.80. The molecule has 1 saturated heterocycles. The quantitative estimate of drug-likeness (QED) is 0.591. The van der Waals surface area contributed by atoms with Crippen molar-refractivity contribution in [1.29, 1.82) is 0 Å². The van der Waals surface area contributed by atoms with Crippen molar-refractivity contribution in [2.24, 2.45) is 17.6 Å². The van der Waals surface area contributed by atoms with Crippen LogP contribution in [-0.4, -0.2) is 39.2 Å². The highest BCUT2D eigenvalue weighted by molar-refractivity contribution is 8.26. The molecule has 3 N–H and O–H groups in total. The van der Waals surface area contributed by atoms with E-state index in [1.54, 1.807) is 13.8 Å². The van der Waals surface area contributed by atoms with Gasteiger partial charge in [0.1, 0.15) is 6.04 Å². The van der Waals surface area contributed by atoms with Crippen molar-refractivity contribution in [3.8, 4) is 0 Å². The van der Waals surface area contributed by atoms with Gasteiger partial charge in [0.05, 0.1) is 5.75 Å². The van der Waals surface area contributed by atoms with Gasteiger partial charge in [-0.25, -0.2) is 13.8 Å². The number of hydrogen-bond donors (Lipinski definition) is 2. The van der Waals surface area contributed by atoms with Crippen molar-refractivity contribution in [3.05, 3.63) is 33.1 Å². The molecule has 1 aliphatic rings. The van der Waals surface area contributed by atoms with Gasteiger partial charge in [-0.2, -0.15) is 0 Å². The molecular weight excluding hydrogens is 390 g/mol. The molecule has 11 heteroatoms. The number of nitrogens with zero attached hydrogens (tertiary/aromatic N) is 1. The molecule has 158 valence electrons. The number of H-pyrrole nitrogens is 1. The Bertz CT molecular complexity index is 827. The molecule has 1 aliphatic heterocycles. The van der Waals surface area contributed by atoms with Gasteiger partial charge >= 0.3 is 17.6 Å². The maximum Gasteiger partial charge on any atom is 0.344 e. The van der Waals surface area contributed by atoms with Gasteiger partial charge in [0.2, 0.25) is 0 Å². The van der Waals surface area contributed by atoms with E-state index in [4.69, 9.17) is 18.8 Å². The lowest BCUT2D eigenvalue weighted by Gasteiger charge is -2.52. The first kappa shape index (κ1) is 22.2. The number of esters is 1. The predicted molar refractivity (Wildman–Crippen MR) is 103 cm³/mol. The molecule has 1 fully saturated rings. The lowest BCUT2D eigenvalue weighted by molar-refractivity contribution is -0.144. The molecule has 2 rings (SSSR count). The van der Waals surface area contributed by atoms with Gasteiger partial charge in [0.15, 0.2) is 12.2 Å². The van der Waals surface area contributed by atoms with E-state index >= 15 is 0 Å². The first-order chi connectivity index (χ1) is 13.0. The minimum atomic E-state index is -2.55. The minimum absolute atomic E-state index is 0.116. The molecule has 0 spiro atoms. The van der Waals surface area contributed by atoms with E-state index in [0.717, 1.165) is 0 Å². The smallest absolute Gasteiger partial charge is 0.344 e. The van der Waals surface area contributed by atoms with Crippen molar-refractivity contribution in [2.75, 3.05) is 11.7 Å². The van der Waals surface area contributed by atoms with Gasteiger partial charge < -0.3 is 14.7 Å². The molecule has 3 atom stereocenters. The summed E-state index contributed by atoms with van der Waals surface area (Å²) in [6, 6.07) is 0.331. The zero-order valence-electron chi connectivity index (χ0n) is 16.4. The van der Waals surface area contributed by atoms with Crippen LogP contribution in [0, 0.1) is 11.8 Å². The predicted octanol–water partition coefficient (Wildman–Crippen LogP) is 0.773. The molecule has 0 amide bonds. The Morgan fingerprint density at radius 1 is 1.36 bits per heavy atom. The Morgan fingerprint density at radius 2 is 2.00 bits per heavy atom. The van der Waals surface area contributed by atoms with E-state index in [1.165, 1.54) is 16.8 Å². The van der Waals surface area contributed by atoms with Crippen molar-refractivity contribution >= 4 is 22.5 Å². The third-order valence-corrected chi connectivity index (χ3v) is 6.35. The lowest BCUT2D eigenvalue weighted by atomic mass is 10.1. The van der Waals surface area contributed by atoms with Crippen molar-refractivity contribution in [1.82, 2.24) is 9.55 Å². The van der Waals surface area contributed by atoms with Gasteiger partial charge in [-0.15, -0.1) is 10.6 Å². The van der Waals surface area contributed by atoms with Crippen LogP contribution in [0.1, 0.15) is 40.3 Å². The first-order valence-electron chi connectivity index (χ1n) is 8.96. The Balaban J connectivity index is 2.12. The Morgan fingerprint density at radius 3 is 2.54 bits per heavy atom. The summed E-state index contributed by atoms with van der Waals surface area (Å²) in [4.78, 5) is 49.4. The topological polar surface area (TPSA) is 143 Å². The first-order valence-corrected chi connectivity index (χ1v) is 10.8. The molecule has 0 aromatic carbocycles. The Labute approximate surface area is 164 Å². The molecule has 0 bridgehead atoms. The summed E-state index contributed by atoms with van der Waals surface area (Å²) in [5.41, 5.74) is 4.66. The summed E-state index contributed by atoms with van der Waals surface area (Å²) in [5, 5.41) is 0. The number of aromatic nitrogens is 2. The highest BCUT2D eigenvalue weighted by atomic mass is 32.3. The van der Waals surface area contributed by atoms with Gasteiger partial charge in [0, 0.05) is 18.7 Å². The molecule has 3 unspecified atom stereocenters. The summed E-state index contributed by atoms with van der Waals surface area (Å²) in [6.45, 7) is 7.32. The number of aromatic amines is 1. The molecule has 0 aliphatic carbocycles. The second kappa shape index (κ2) is 8.93. The van der Waals surface area contributed by atoms with E-state index in [-0.39, 0.29) is 29.9 Å². The fourth-order valence-electron chi connectivity index (χ4n) is 2.37. The monoisotopic (exact) mass is 417 g/mol. The average Bonchev–Trinajstić information content (AvgIpc) is 2.55. The summed E-state index contributed by atoms with van der Waals surface area (Å²) < 4.78 is 17.7. The fourth-order valence-corrected chi connectivity index (χ4v) is 4.48. The van der Waals surface area contributed by atoms with Crippen molar-refractivity contribution in [3.63, 3.8) is 0 Å². The maximum absolute atomic E-state index is 12.3. The summed E-state index contributed by atoms with van der Waals surface area (Å²) >= 11 is 0. The summed E-state index contributed by atoms with van der Waals surface area (Å²) in [5.74, 6) is -1.21. The van der Waals surface area contributed by atoms with E-state index in [2.05, 4.69) is 4.98 Å². The third kappa shape index (κ3) is 5.46. The number of rotatable bonds is 8. The standard InChI is InChI=1S/C17H27N3O7S/c1-10(2)7-14(22)25-9-28(27-16(23)15(18)11(3)4)8-13(26-28)20-6-5-12(21)19-17(20)24/h5-6,10-11,13,15H,7-9,18H2,1-4H3,(H,19,21,24). The fraction of sp³-hybridized carbons (Fsp3) is 0.647. The molecule has 0 saturated carbocycles. The molecule has 0 radical (unpaired) electrons. The van der Waals surface area contributed by atoms with Crippen LogP contribution < -0.4 is 17.0 Å². The lowest BCUT2D eigenvalue weighted by Crippen LogP contribution is -2.46. The van der Waals surface area contributed by atoms with Crippen LogP contribution >= 0.6 is 10.6 Å². The highest BCUT2D eigenvalue weighted by Gasteiger charge is 2.45. The normalized spacial score (nSPS) is 24.9. The van der Waals surface area contributed by atoms with Crippen LogP contribution in [0.3, 0.4) is 0 Å². The minimum Gasteiger partial charge on any atom is -0.444 e. The number of nitrogens with one attached hydrogen (secondary N) is 1. The van der Waals surface area contributed by atoms with E-state index in [0.29, 0.717) is 0 Å². The molecule has 1 aromatic rings. The van der Waals surface area contributed by atoms with Gasteiger partial charge in [0.25, 0.3) is 5.56 Å². The number of ether oxygens (including phenoxy) is 1. The molecule has 1 aromatic heterocycles. The third-order valence-electron chi connectivity index (χ3n) is 4.04. The van der Waals surface area contributed by atoms with E-state index in [1.807, 2.05) is 13.8 Å². The summed E-state index contributed by atoms with van der Waals surface area (Å²) in [7, 11) is -2.55. The highest BCUT2D eigenvalue weighted by Crippen LogP contribution is 2.63. The Hall–Kier alpha value is -2.11. The maximum atomic E-state index is 12.3. The van der Waals surface area contributed by atoms with Crippen molar-refractivity contribution < 1.29 is 22.7 Å². The van der Waals surface area contributed by atoms with Crippen molar-refractivity contribution in [2.45, 2.75) is 46.4 Å². The van der Waals surface area contributed by atoms with Gasteiger partial charge in [-0.3, -0.25) is 19.1 Å². The van der Waals surface area contributed by atoms with Crippen LogP contribution in [0.15, 0.2) is 21.9 Å². The molecule has 28 heavy (non-hydrogen) atoms. The number of carbonyl (C=O) groups is 2. The second-order valence-electron chi connectivity index (χ2n) is 7.38. The van der Waals surface area contributed by atoms with Crippen LogP contribution in [0.2, 0.25) is 0 Å². The van der Waals surface area contributed by atoms with Crippen LogP contribution in [0.25, 0.3) is 0 Å². The van der Waals surface area contributed by atoms with Crippen LogP contribution in [-0.2, 0) is 22.7 Å². The zero-order chi connectivity index (χ0) is 21.1. The number of nitrogens with two attached hydrogens (primary N) is 1. The largest absolute Gasteiger partial charge is 0.444 e. The zero-order valence-corrected chi connectivity index (χ0v) is 17.2. The SMILES string of the molecule is CC(C)CC(=O)OCS1(OC(=O)C(N)C(C)C)CC(n2ccc(=O)[nH]c2=O)O1. The van der Waals surface area contributed by atoms with Gasteiger partial charge in [-0.05, 0) is 11.8 Å². The molecule has 2 heterocycles.